The Morgan fingerprint density at radius 1 is 1.14 bits per heavy atom. The van der Waals surface area contributed by atoms with Crippen molar-refractivity contribution >= 4 is 26.8 Å². The van der Waals surface area contributed by atoms with Crippen molar-refractivity contribution in [3.05, 3.63) is 54.5 Å². The second kappa shape index (κ2) is 10.9. The minimum Gasteiger partial charge on any atom is -0.406 e. The lowest BCUT2D eigenvalue weighted by Crippen LogP contribution is -2.38. The van der Waals surface area contributed by atoms with E-state index in [1.807, 2.05) is 6.07 Å². The van der Waals surface area contributed by atoms with Crippen LogP contribution in [0.3, 0.4) is 0 Å². The van der Waals surface area contributed by atoms with E-state index in [2.05, 4.69) is 20.0 Å². The Morgan fingerprint density at radius 3 is 2.53 bits per heavy atom. The molecule has 8 nitrogen and oxygen atoms in total. The number of hydrogen-bond acceptors (Lipinski definition) is 5. The highest BCUT2D eigenvalue weighted by molar-refractivity contribution is 7.89. The molecule has 0 radical (unpaired) electrons. The van der Waals surface area contributed by atoms with Gasteiger partial charge in [-0.3, -0.25) is 9.78 Å². The van der Waals surface area contributed by atoms with Gasteiger partial charge in [0.15, 0.2) is 0 Å². The first-order valence-electron chi connectivity index (χ1n) is 11.7. The number of nitrogens with zero attached hydrogens (tertiary/aromatic N) is 2. The Hall–Kier alpha value is -3.12. The standard InChI is InChI=1S/C24H27F3N4O4S/c25-24(26,27)35-19-4-6-20(7-5-19)36(33,34)31-13-9-17(10-14-31)3-1-2-11-29-23(32)22-15-18-16-28-12-8-21(18)30-22/h4-8,12,15-17,30H,1-3,9-11,13-14H2,(H,29,32). The van der Waals surface area contributed by atoms with E-state index in [4.69, 9.17) is 0 Å². The monoisotopic (exact) mass is 524 g/mol. The molecule has 0 spiro atoms. The van der Waals surface area contributed by atoms with Crippen molar-refractivity contribution in [2.24, 2.45) is 5.92 Å². The summed E-state index contributed by atoms with van der Waals surface area (Å²) in [6.07, 6.45) is 2.62. The second-order valence-electron chi connectivity index (χ2n) is 8.76. The number of carbonyl (C=O) groups is 1. The third kappa shape index (κ3) is 6.55. The van der Waals surface area contributed by atoms with E-state index in [1.54, 1.807) is 18.5 Å². The second-order valence-corrected chi connectivity index (χ2v) is 10.7. The molecule has 194 valence electrons. The van der Waals surface area contributed by atoms with Crippen molar-refractivity contribution in [1.82, 2.24) is 19.6 Å². The molecule has 0 atom stereocenters. The molecule has 1 aromatic carbocycles. The van der Waals surface area contributed by atoms with Gasteiger partial charge in [-0.15, -0.1) is 13.2 Å². The Bertz CT molecular complexity index is 1250. The van der Waals surface area contributed by atoms with Crippen LogP contribution in [0.2, 0.25) is 0 Å². The SMILES string of the molecule is O=C(NCCCCC1CCN(S(=O)(=O)c2ccc(OC(F)(F)F)cc2)CC1)c1cc2cnccc2[nH]1. The molecule has 2 N–H and O–H groups in total. The molecule has 0 bridgehead atoms. The van der Waals surface area contributed by atoms with Crippen LogP contribution in [0.5, 0.6) is 5.75 Å². The zero-order valence-corrected chi connectivity index (χ0v) is 20.2. The van der Waals surface area contributed by atoms with Crippen molar-refractivity contribution < 1.29 is 31.1 Å². The molecule has 1 fully saturated rings. The number of rotatable bonds is 9. The first kappa shape index (κ1) is 26.0. The molecule has 0 saturated carbocycles. The van der Waals surface area contributed by atoms with Crippen LogP contribution in [0.15, 0.2) is 53.7 Å². The van der Waals surface area contributed by atoms with Crippen LogP contribution in [-0.2, 0) is 10.0 Å². The van der Waals surface area contributed by atoms with Gasteiger partial charge >= 0.3 is 6.36 Å². The molecule has 1 amide bonds. The van der Waals surface area contributed by atoms with E-state index in [0.29, 0.717) is 44.1 Å². The number of carbonyl (C=O) groups excluding carboxylic acids is 1. The number of piperidine rings is 1. The molecule has 36 heavy (non-hydrogen) atoms. The number of amides is 1. The van der Waals surface area contributed by atoms with Crippen LogP contribution in [0.1, 0.15) is 42.6 Å². The number of aromatic amines is 1. The Kier molecular flexibility index (Phi) is 7.84. The van der Waals surface area contributed by atoms with E-state index in [9.17, 15) is 26.4 Å². The summed E-state index contributed by atoms with van der Waals surface area (Å²) in [6, 6.07) is 7.84. The fourth-order valence-electron chi connectivity index (χ4n) is 4.35. The first-order chi connectivity index (χ1) is 17.1. The summed E-state index contributed by atoms with van der Waals surface area (Å²) in [4.78, 5) is 19.4. The number of alkyl halides is 3. The summed E-state index contributed by atoms with van der Waals surface area (Å²) in [6.45, 7) is 1.27. The first-order valence-corrected chi connectivity index (χ1v) is 13.1. The summed E-state index contributed by atoms with van der Waals surface area (Å²) in [5, 5.41) is 3.79. The Labute approximate surface area is 206 Å². The Balaban J connectivity index is 1.17. The zero-order chi connectivity index (χ0) is 25.8. The maximum Gasteiger partial charge on any atom is 0.573 e. The number of benzene rings is 1. The van der Waals surface area contributed by atoms with Crippen molar-refractivity contribution in [2.75, 3.05) is 19.6 Å². The summed E-state index contributed by atoms with van der Waals surface area (Å²) in [7, 11) is -3.78. The largest absolute Gasteiger partial charge is 0.573 e. The lowest BCUT2D eigenvalue weighted by molar-refractivity contribution is -0.274. The van der Waals surface area contributed by atoms with E-state index < -0.39 is 22.1 Å². The number of H-pyrrole nitrogens is 1. The van der Waals surface area contributed by atoms with Crippen LogP contribution >= 0.6 is 0 Å². The number of halogens is 3. The number of nitrogens with one attached hydrogen (secondary N) is 2. The Morgan fingerprint density at radius 2 is 1.86 bits per heavy atom. The van der Waals surface area contributed by atoms with Gasteiger partial charge in [-0.1, -0.05) is 12.8 Å². The van der Waals surface area contributed by atoms with Crippen LogP contribution in [0.4, 0.5) is 13.2 Å². The number of unbranched alkanes of at least 4 members (excludes halogenated alkanes) is 1. The maximum atomic E-state index is 12.8. The molecule has 1 aliphatic rings. The van der Waals surface area contributed by atoms with Gasteiger partial charge in [-0.2, -0.15) is 4.31 Å². The number of pyridine rings is 1. The van der Waals surface area contributed by atoms with E-state index in [-0.39, 0.29) is 10.8 Å². The van der Waals surface area contributed by atoms with E-state index >= 15 is 0 Å². The molecule has 0 aliphatic carbocycles. The summed E-state index contributed by atoms with van der Waals surface area (Å²) < 4.78 is 67.8. The normalized spacial score (nSPS) is 15.8. The average molecular weight is 525 g/mol. The molecule has 3 heterocycles. The van der Waals surface area contributed by atoms with Gasteiger partial charge in [-0.05, 0) is 61.6 Å². The van der Waals surface area contributed by atoms with Crippen molar-refractivity contribution in [2.45, 2.75) is 43.4 Å². The van der Waals surface area contributed by atoms with Crippen molar-refractivity contribution in [3.8, 4) is 5.75 Å². The molecule has 1 aliphatic heterocycles. The fraction of sp³-hybridized carbons (Fsp3) is 0.417. The van der Waals surface area contributed by atoms with Crippen LogP contribution in [0.25, 0.3) is 10.9 Å². The smallest absolute Gasteiger partial charge is 0.406 e. The maximum absolute atomic E-state index is 12.8. The number of aromatic nitrogens is 2. The molecular weight excluding hydrogens is 497 g/mol. The van der Waals surface area contributed by atoms with Crippen LogP contribution in [-0.4, -0.2) is 54.6 Å². The topological polar surface area (TPSA) is 104 Å². The molecule has 12 heteroatoms. The molecule has 4 rings (SSSR count). The van der Waals surface area contributed by atoms with Gasteiger partial charge in [0.05, 0.1) is 4.90 Å². The summed E-state index contributed by atoms with van der Waals surface area (Å²) in [5.41, 5.74) is 1.35. The predicted molar refractivity (Wildman–Crippen MR) is 127 cm³/mol. The summed E-state index contributed by atoms with van der Waals surface area (Å²) in [5.74, 6) is -0.242. The van der Waals surface area contributed by atoms with Crippen molar-refractivity contribution in [1.29, 1.82) is 0 Å². The highest BCUT2D eigenvalue weighted by Gasteiger charge is 2.32. The van der Waals surface area contributed by atoms with Crippen molar-refractivity contribution in [3.63, 3.8) is 0 Å². The van der Waals surface area contributed by atoms with Gasteiger partial charge in [0.2, 0.25) is 10.0 Å². The molecule has 3 aromatic rings. The van der Waals surface area contributed by atoms with Crippen LogP contribution < -0.4 is 10.1 Å². The van der Waals surface area contributed by atoms with E-state index in [0.717, 1.165) is 54.4 Å². The van der Waals surface area contributed by atoms with Gasteiger partial charge in [-0.25, -0.2) is 8.42 Å². The number of sulfonamides is 1. The molecular formula is C24H27F3N4O4S. The molecule has 2 aromatic heterocycles. The third-order valence-electron chi connectivity index (χ3n) is 6.26. The van der Waals surface area contributed by atoms with Gasteiger partial charge < -0.3 is 15.0 Å². The van der Waals surface area contributed by atoms with Crippen LogP contribution in [0, 0.1) is 5.92 Å². The highest BCUT2D eigenvalue weighted by atomic mass is 32.2. The predicted octanol–water partition coefficient (Wildman–Crippen LogP) is 4.46. The lowest BCUT2D eigenvalue weighted by Gasteiger charge is -2.31. The van der Waals surface area contributed by atoms with Gasteiger partial charge in [0.1, 0.15) is 11.4 Å². The summed E-state index contributed by atoms with van der Waals surface area (Å²) >= 11 is 0. The minimum absolute atomic E-state index is 0.0579. The van der Waals surface area contributed by atoms with Gasteiger partial charge in [0.25, 0.3) is 5.91 Å². The quantitative estimate of drug-likeness (QED) is 0.402. The highest BCUT2D eigenvalue weighted by Crippen LogP contribution is 2.29. The third-order valence-corrected chi connectivity index (χ3v) is 8.17. The minimum atomic E-state index is -4.83. The fourth-order valence-corrected chi connectivity index (χ4v) is 5.82. The average Bonchev–Trinajstić information content (AvgIpc) is 3.28. The molecule has 1 saturated heterocycles. The number of hydrogen-bond donors (Lipinski definition) is 2. The number of ether oxygens (including phenoxy) is 1. The van der Waals surface area contributed by atoms with Gasteiger partial charge in [0, 0.05) is 42.9 Å². The van der Waals surface area contributed by atoms with E-state index in [1.165, 1.54) is 4.31 Å². The lowest BCUT2D eigenvalue weighted by atomic mass is 9.92. The zero-order valence-electron chi connectivity index (χ0n) is 19.4. The molecule has 0 unspecified atom stereocenters. The number of fused-ring (bicyclic) bond motifs is 1.